The lowest BCUT2D eigenvalue weighted by molar-refractivity contribution is 0.182. The van der Waals surface area contributed by atoms with E-state index in [1.165, 1.54) is 18.1 Å². The van der Waals surface area contributed by atoms with Crippen LogP contribution < -0.4 is 4.74 Å². The van der Waals surface area contributed by atoms with Crippen molar-refractivity contribution in [2.75, 3.05) is 13.2 Å². The van der Waals surface area contributed by atoms with Gasteiger partial charge in [-0.2, -0.15) is 0 Å². The molecule has 0 bridgehead atoms. The molecule has 4 rings (SSSR count). The number of benzene rings is 1. The lowest BCUT2D eigenvalue weighted by atomic mass is 10.3. The molecule has 0 saturated carbocycles. The molecule has 2 aromatic heterocycles. The largest absolute Gasteiger partial charge is 0.439 e. The molecule has 24 heavy (non-hydrogen) atoms. The van der Waals surface area contributed by atoms with Gasteiger partial charge in [-0.05, 0) is 40.7 Å². The topological polar surface area (TPSA) is 87.8 Å². The van der Waals surface area contributed by atoms with Crippen LogP contribution in [-0.2, 0) is 4.74 Å². The van der Waals surface area contributed by atoms with Crippen LogP contribution in [0.25, 0.3) is 0 Å². The fraction of sp³-hybridized carbons (Fsp3) is 0.267. The standard InChI is InChI=1S/C15H14N6O2S/c1-2-4-12(5-3-1)23-13-8-14(17-10-16-13)24-15-18-19-20-21(15)11-6-7-22-9-11/h1-5,8,10-11H,6-7,9H2. The summed E-state index contributed by atoms with van der Waals surface area (Å²) in [5.41, 5.74) is 0. The Labute approximate surface area is 142 Å². The molecule has 1 aliphatic rings. The summed E-state index contributed by atoms with van der Waals surface area (Å²) in [4.78, 5) is 8.39. The first-order chi connectivity index (χ1) is 11.9. The van der Waals surface area contributed by atoms with Gasteiger partial charge in [-0.15, -0.1) is 5.10 Å². The van der Waals surface area contributed by atoms with Crippen molar-refractivity contribution >= 4 is 11.8 Å². The van der Waals surface area contributed by atoms with E-state index in [-0.39, 0.29) is 6.04 Å². The van der Waals surface area contributed by atoms with Gasteiger partial charge in [0.1, 0.15) is 17.1 Å². The van der Waals surface area contributed by atoms with Crippen molar-refractivity contribution in [1.82, 2.24) is 30.2 Å². The van der Waals surface area contributed by atoms with Crippen LogP contribution in [0.1, 0.15) is 12.5 Å². The molecule has 8 nitrogen and oxygen atoms in total. The average molecular weight is 342 g/mol. The van der Waals surface area contributed by atoms with Crippen molar-refractivity contribution in [2.45, 2.75) is 22.6 Å². The molecule has 3 aromatic rings. The van der Waals surface area contributed by atoms with Gasteiger partial charge in [0, 0.05) is 12.7 Å². The Bertz CT molecular complexity index is 806. The van der Waals surface area contributed by atoms with E-state index in [0.29, 0.717) is 22.7 Å². The molecule has 1 atom stereocenters. The van der Waals surface area contributed by atoms with Crippen LogP contribution in [0, 0.1) is 0 Å². The van der Waals surface area contributed by atoms with Crippen molar-refractivity contribution in [3.8, 4) is 11.6 Å². The van der Waals surface area contributed by atoms with Crippen molar-refractivity contribution in [3.05, 3.63) is 42.7 Å². The first-order valence-corrected chi connectivity index (χ1v) is 8.28. The van der Waals surface area contributed by atoms with E-state index in [4.69, 9.17) is 9.47 Å². The van der Waals surface area contributed by atoms with E-state index in [9.17, 15) is 0 Å². The Kier molecular flexibility index (Phi) is 4.34. The van der Waals surface area contributed by atoms with E-state index in [1.807, 2.05) is 30.3 Å². The third kappa shape index (κ3) is 3.36. The Hall–Kier alpha value is -2.52. The highest BCUT2D eigenvalue weighted by molar-refractivity contribution is 7.99. The number of hydrogen-bond donors (Lipinski definition) is 0. The lowest BCUT2D eigenvalue weighted by Crippen LogP contribution is -2.11. The van der Waals surface area contributed by atoms with Gasteiger partial charge in [0.15, 0.2) is 0 Å². The molecule has 9 heteroatoms. The first kappa shape index (κ1) is 15.0. The van der Waals surface area contributed by atoms with Crippen LogP contribution in [0.5, 0.6) is 11.6 Å². The third-order valence-corrected chi connectivity index (χ3v) is 4.38. The maximum absolute atomic E-state index is 5.73. The highest BCUT2D eigenvalue weighted by atomic mass is 32.2. The molecule has 1 aromatic carbocycles. The summed E-state index contributed by atoms with van der Waals surface area (Å²) in [5, 5.41) is 13.3. The number of aromatic nitrogens is 6. The zero-order valence-corrected chi connectivity index (χ0v) is 13.5. The fourth-order valence-corrected chi connectivity index (χ4v) is 3.14. The van der Waals surface area contributed by atoms with E-state index in [0.717, 1.165) is 18.8 Å². The van der Waals surface area contributed by atoms with Crippen LogP contribution in [0.2, 0.25) is 0 Å². The Morgan fingerprint density at radius 1 is 1.21 bits per heavy atom. The summed E-state index contributed by atoms with van der Waals surface area (Å²) in [6, 6.07) is 11.4. The maximum atomic E-state index is 5.73. The molecular weight excluding hydrogens is 328 g/mol. The van der Waals surface area contributed by atoms with Gasteiger partial charge in [0.2, 0.25) is 11.0 Å². The van der Waals surface area contributed by atoms with Crippen molar-refractivity contribution < 1.29 is 9.47 Å². The molecule has 0 radical (unpaired) electrons. The Morgan fingerprint density at radius 3 is 2.96 bits per heavy atom. The number of nitrogens with zero attached hydrogens (tertiary/aromatic N) is 6. The van der Waals surface area contributed by atoms with Gasteiger partial charge >= 0.3 is 0 Å². The molecule has 0 amide bonds. The lowest BCUT2D eigenvalue weighted by Gasteiger charge is -2.09. The second-order valence-electron chi connectivity index (χ2n) is 5.14. The number of para-hydroxylation sites is 1. The summed E-state index contributed by atoms with van der Waals surface area (Å²) in [6.45, 7) is 1.36. The first-order valence-electron chi connectivity index (χ1n) is 7.47. The summed E-state index contributed by atoms with van der Waals surface area (Å²) < 4.78 is 12.9. The Morgan fingerprint density at radius 2 is 2.12 bits per heavy atom. The fourth-order valence-electron chi connectivity index (χ4n) is 2.33. The van der Waals surface area contributed by atoms with Crippen molar-refractivity contribution in [1.29, 1.82) is 0 Å². The van der Waals surface area contributed by atoms with Crippen molar-refractivity contribution in [2.24, 2.45) is 0 Å². The number of rotatable bonds is 5. The minimum Gasteiger partial charge on any atom is -0.439 e. The van der Waals surface area contributed by atoms with E-state index in [2.05, 4.69) is 25.5 Å². The molecule has 1 fully saturated rings. The number of ether oxygens (including phenoxy) is 2. The highest BCUT2D eigenvalue weighted by Crippen LogP contribution is 2.30. The van der Waals surface area contributed by atoms with Gasteiger partial charge in [-0.1, -0.05) is 18.2 Å². The predicted octanol–water partition coefficient (Wildman–Crippen LogP) is 2.37. The second kappa shape index (κ2) is 6.93. The average Bonchev–Trinajstić information content (AvgIpc) is 3.27. The van der Waals surface area contributed by atoms with Crippen LogP contribution in [-0.4, -0.2) is 43.4 Å². The second-order valence-corrected chi connectivity index (χ2v) is 6.12. The SMILES string of the molecule is c1ccc(Oc2cc(Sc3nnnn3C3CCOC3)ncn2)cc1. The van der Waals surface area contributed by atoms with Crippen LogP contribution in [0.4, 0.5) is 0 Å². The molecule has 0 spiro atoms. The van der Waals surface area contributed by atoms with Gasteiger partial charge in [0.25, 0.3) is 0 Å². The minimum absolute atomic E-state index is 0.171. The predicted molar refractivity (Wildman–Crippen MR) is 85.0 cm³/mol. The zero-order chi connectivity index (χ0) is 16.2. The Balaban J connectivity index is 1.51. The number of tetrazole rings is 1. The minimum atomic E-state index is 0.171. The van der Waals surface area contributed by atoms with Gasteiger partial charge < -0.3 is 9.47 Å². The van der Waals surface area contributed by atoms with Crippen LogP contribution in [0.3, 0.4) is 0 Å². The quantitative estimate of drug-likeness (QED) is 0.653. The molecule has 1 aliphatic heterocycles. The number of hydrogen-bond acceptors (Lipinski definition) is 8. The molecule has 122 valence electrons. The summed E-state index contributed by atoms with van der Waals surface area (Å²) in [6.07, 6.45) is 2.37. The molecule has 3 heterocycles. The summed E-state index contributed by atoms with van der Waals surface area (Å²) in [7, 11) is 0. The molecule has 1 unspecified atom stereocenters. The third-order valence-electron chi connectivity index (χ3n) is 3.49. The maximum Gasteiger partial charge on any atom is 0.223 e. The van der Waals surface area contributed by atoms with E-state index in [1.54, 1.807) is 10.7 Å². The summed E-state index contributed by atoms with van der Waals surface area (Å²) >= 11 is 1.37. The summed E-state index contributed by atoms with van der Waals surface area (Å²) in [5.74, 6) is 1.20. The smallest absolute Gasteiger partial charge is 0.223 e. The van der Waals surface area contributed by atoms with Crippen LogP contribution >= 0.6 is 11.8 Å². The van der Waals surface area contributed by atoms with E-state index < -0.39 is 0 Å². The monoisotopic (exact) mass is 342 g/mol. The van der Waals surface area contributed by atoms with Crippen molar-refractivity contribution in [3.63, 3.8) is 0 Å². The molecule has 0 aliphatic carbocycles. The van der Waals surface area contributed by atoms with Gasteiger partial charge in [0.05, 0.1) is 12.6 Å². The van der Waals surface area contributed by atoms with Crippen LogP contribution in [0.15, 0.2) is 52.9 Å². The zero-order valence-electron chi connectivity index (χ0n) is 12.6. The highest BCUT2D eigenvalue weighted by Gasteiger charge is 2.23. The van der Waals surface area contributed by atoms with Gasteiger partial charge in [-0.3, -0.25) is 0 Å². The normalized spacial score (nSPS) is 17.1. The molecule has 1 saturated heterocycles. The molecular formula is C15H14N6O2S. The van der Waals surface area contributed by atoms with Gasteiger partial charge in [-0.25, -0.2) is 14.6 Å². The van der Waals surface area contributed by atoms with E-state index >= 15 is 0 Å². The molecule has 0 N–H and O–H groups in total.